The summed E-state index contributed by atoms with van der Waals surface area (Å²) in [5.41, 5.74) is 3.75. The van der Waals surface area contributed by atoms with Crippen LogP contribution in [0.3, 0.4) is 0 Å². The second-order valence-corrected chi connectivity index (χ2v) is 9.56. The Morgan fingerprint density at radius 2 is 1.62 bits per heavy atom. The molecule has 6 nitrogen and oxygen atoms in total. The van der Waals surface area contributed by atoms with Crippen LogP contribution in [-0.4, -0.2) is 48.3 Å². The highest BCUT2D eigenvalue weighted by atomic mass is 32.2. The van der Waals surface area contributed by atoms with Crippen molar-refractivity contribution in [2.75, 3.05) is 31.1 Å². The van der Waals surface area contributed by atoms with Crippen LogP contribution in [0.2, 0.25) is 0 Å². The maximum atomic E-state index is 13.4. The van der Waals surface area contributed by atoms with E-state index in [-0.39, 0.29) is 0 Å². The molecule has 1 aliphatic rings. The van der Waals surface area contributed by atoms with Crippen LogP contribution in [0.5, 0.6) is 0 Å². The van der Waals surface area contributed by atoms with Crippen LogP contribution in [0.1, 0.15) is 34.5 Å². The van der Waals surface area contributed by atoms with Gasteiger partial charge in [-0.25, -0.2) is 13.4 Å². The average molecular weight is 395 g/mol. The van der Waals surface area contributed by atoms with Crippen molar-refractivity contribution < 1.29 is 8.42 Å². The van der Waals surface area contributed by atoms with Gasteiger partial charge in [-0.1, -0.05) is 6.07 Å². The number of aryl methyl sites for hydroxylation is 3. The molecule has 1 saturated heterocycles. The molecule has 1 fully saturated rings. The largest absolute Gasteiger partial charge is 0.345 e. The molecule has 1 aromatic heterocycles. The first kappa shape index (κ1) is 19.3. The molecular weight excluding hydrogens is 368 g/mol. The lowest BCUT2D eigenvalue weighted by Gasteiger charge is -2.24. The van der Waals surface area contributed by atoms with Crippen LogP contribution in [-0.2, 0) is 10.0 Å². The maximum Gasteiger partial charge on any atom is 0.243 e. The Balaban J connectivity index is 1.89. The summed E-state index contributed by atoms with van der Waals surface area (Å²) >= 11 is 1.38. The molecule has 142 valence electrons. The molecule has 0 N–H and O–H groups in total. The van der Waals surface area contributed by atoms with Gasteiger partial charge in [0.2, 0.25) is 15.2 Å². The molecule has 0 amide bonds. The predicted molar refractivity (Wildman–Crippen MR) is 106 cm³/mol. The second-order valence-electron chi connectivity index (χ2n) is 6.96. The van der Waals surface area contributed by atoms with E-state index in [0.717, 1.165) is 46.2 Å². The van der Waals surface area contributed by atoms with Crippen molar-refractivity contribution in [3.63, 3.8) is 0 Å². The lowest BCUT2D eigenvalue weighted by Crippen LogP contribution is -2.36. The Kier molecular flexibility index (Phi) is 5.37. The zero-order chi connectivity index (χ0) is 19.1. The Hall–Kier alpha value is -1.51. The quantitative estimate of drug-likeness (QED) is 0.801. The zero-order valence-corrected chi connectivity index (χ0v) is 17.7. The molecule has 1 aromatic carbocycles. The standard InChI is InChI=1S/C18H26N4O2S2/c1-12-11-13(2)15(4)17(14(12)3)26(23,24)22-8-6-7-21(9-10-22)18-19-16(5)20-25-18/h11H,6-10H2,1-5H3. The molecule has 0 radical (unpaired) electrons. The van der Waals surface area contributed by atoms with Crippen LogP contribution in [0.15, 0.2) is 11.0 Å². The molecule has 1 aliphatic heterocycles. The van der Waals surface area contributed by atoms with E-state index in [1.165, 1.54) is 11.5 Å². The SMILES string of the molecule is Cc1nsc(N2CCCN(S(=O)(=O)c3c(C)c(C)cc(C)c3C)CC2)n1. The summed E-state index contributed by atoms with van der Waals surface area (Å²) in [7, 11) is -3.52. The Bertz CT molecular complexity index is 895. The van der Waals surface area contributed by atoms with Gasteiger partial charge in [0.15, 0.2) is 0 Å². The number of sulfonamides is 1. The third-order valence-corrected chi connectivity index (χ3v) is 8.18. The third kappa shape index (κ3) is 3.50. The highest BCUT2D eigenvalue weighted by molar-refractivity contribution is 7.89. The molecule has 8 heteroatoms. The normalized spacial score (nSPS) is 16.7. The summed E-state index contributed by atoms with van der Waals surface area (Å²) in [5.74, 6) is 0.764. The molecule has 0 aliphatic carbocycles. The summed E-state index contributed by atoms with van der Waals surface area (Å²) in [5, 5.41) is 0.875. The summed E-state index contributed by atoms with van der Waals surface area (Å²) in [4.78, 5) is 7.06. The van der Waals surface area contributed by atoms with Gasteiger partial charge in [-0.05, 0) is 63.3 Å². The summed E-state index contributed by atoms with van der Waals surface area (Å²) in [6, 6.07) is 2.06. The van der Waals surface area contributed by atoms with Crippen LogP contribution in [0.25, 0.3) is 0 Å². The van der Waals surface area contributed by atoms with E-state index in [9.17, 15) is 8.42 Å². The second kappa shape index (κ2) is 7.25. The van der Waals surface area contributed by atoms with E-state index in [1.54, 1.807) is 4.31 Å². The maximum absolute atomic E-state index is 13.4. The molecule has 26 heavy (non-hydrogen) atoms. The lowest BCUT2D eigenvalue weighted by molar-refractivity contribution is 0.432. The minimum atomic E-state index is -3.52. The minimum absolute atomic E-state index is 0.465. The fraction of sp³-hybridized carbons (Fsp3) is 0.556. The fourth-order valence-electron chi connectivity index (χ4n) is 3.44. The summed E-state index contributed by atoms with van der Waals surface area (Å²) in [6.07, 6.45) is 0.779. The molecule has 0 unspecified atom stereocenters. The van der Waals surface area contributed by atoms with Crippen molar-refractivity contribution in [3.05, 3.63) is 34.1 Å². The van der Waals surface area contributed by atoms with Crippen LogP contribution < -0.4 is 4.90 Å². The fourth-order valence-corrected chi connectivity index (χ4v) is 6.21. The predicted octanol–water partition coefficient (Wildman–Crippen LogP) is 2.98. The first-order valence-electron chi connectivity index (χ1n) is 8.84. The third-order valence-electron chi connectivity index (χ3n) is 5.14. The molecule has 2 heterocycles. The van der Waals surface area contributed by atoms with Gasteiger partial charge in [0.05, 0.1) is 4.90 Å². The molecule has 0 bridgehead atoms. The highest BCUT2D eigenvalue weighted by Gasteiger charge is 2.31. The van der Waals surface area contributed by atoms with Gasteiger partial charge in [-0.2, -0.15) is 8.68 Å². The van der Waals surface area contributed by atoms with Crippen molar-refractivity contribution in [2.45, 2.75) is 45.9 Å². The summed E-state index contributed by atoms with van der Waals surface area (Å²) < 4.78 is 32.7. The van der Waals surface area contributed by atoms with Crippen LogP contribution in [0, 0.1) is 34.6 Å². The van der Waals surface area contributed by atoms with Crippen molar-refractivity contribution in [1.29, 1.82) is 0 Å². The van der Waals surface area contributed by atoms with Gasteiger partial charge < -0.3 is 4.90 Å². The first-order chi connectivity index (χ1) is 12.2. The number of hydrogen-bond acceptors (Lipinski definition) is 6. The van der Waals surface area contributed by atoms with E-state index in [1.807, 2.05) is 34.6 Å². The van der Waals surface area contributed by atoms with E-state index in [4.69, 9.17) is 0 Å². The van der Waals surface area contributed by atoms with Crippen molar-refractivity contribution in [2.24, 2.45) is 0 Å². The minimum Gasteiger partial charge on any atom is -0.345 e. The molecule has 0 saturated carbocycles. The zero-order valence-electron chi connectivity index (χ0n) is 16.0. The van der Waals surface area contributed by atoms with Gasteiger partial charge in [0.25, 0.3) is 0 Å². The number of nitrogens with zero attached hydrogens (tertiary/aromatic N) is 4. The smallest absolute Gasteiger partial charge is 0.243 e. The Labute approximate surface area is 160 Å². The van der Waals surface area contributed by atoms with E-state index in [0.29, 0.717) is 24.5 Å². The summed E-state index contributed by atoms with van der Waals surface area (Å²) in [6.45, 7) is 12.1. The van der Waals surface area contributed by atoms with Crippen LogP contribution in [0.4, 0.5) is 5.13 Å². The topological polar surface area (TPSA) is 66.4 Å². The van der Waals surface area contributed by atoms with Gasteiger partial charge >= 0.3 is 0 Å². The molecule has 3 rings (SSSR count). The number of rotatable bonds is 3. The lowest BCUT2D eigenvalue weighted by atomic mass is 10.0. The first-order valence-corrected chi connectivity index (χ1v) is 11.1. The Morgan fingerprint density at radius 3 is 2.19 bits per heavy atom. The number of benzene rings is 1. The van der Waals surface area contributed by atoms with E-state index < -0.39 is 10.0 Å². The Morgan fingerprint density at radius 1 is 0.962 bits per heavy atom. The number of aromatic nitrogens is 2. The monoisotopic (exact) mass is 394 g/mol. The molecule has 0 atom stereocenters. The number of hydrogen-bond donors (Lipinski definition) is 0. The van der Waals surface area contributed by atoms with Crippen molar-refractivity contribution in [3.8, 4) is 0 Å². The molecular formula is C18H26N4O2S2. The van der Waals surface area contributed by atoms with Gasteiger partial charge in [0.1, 0.15) is 5.82 Å². The molecule has 0 spiro atoms. The highest BCUT2D eigenvalue weighted by Crippen LogP contribution is 2.29. The van der Waals surface area contributed by atoms with Crippen LogP contribution >= 0.6 is 11.5 Å². The van der Waals surface area contributed by atoms with E-state index >= 15 is 0 Å². The van der Waals surface area contributed by atoms with Crippen molar-refractivity contribution in [1.82, 2.24) is 13.7 Å². The molecule has 2 aromatic rings. The van der Waals surface area contributed by atoms with Crippen molar-refractivity contribution >= 4 is 26.7 Å². The van der Waals surface area contributed by atoms with Gasteiger partial charge in [-0.15, -0.1) is 0 Å². The average Bonchev–Trinajstić information content (AvgIpc) is 2.85. The van der Waals surface area contributed by atoms with Gasteiger partial charge in [0, 0.05) is 37.7 Å². The van der Waals surface area contributed by atoms with E-state index in [2.05, 4.69) is 20.3 Å². The number of anilines is 1. The van der Waals surface area contributed by atoms with Gasteiger partial charge in [-0.3, -0.25) is 0 Å².